The van der Waals surface area contributed by atoms with E-state index in [-0.39, 0.29) is 52.6 Å². The van der Waals surface area contributed by atoms with E-state index >= 15 is 0 Å². The van der Waals surface area contributed by atoms with Gasteiger partial charge in [0.15, 0.2) is 0 Å². The number of rotatable bonds is 22. The standard InChI is InChI=1S/C42H48N2O8/c45-35(29-49-39-13-5-1-6-14-39)25-43(26-36(46)30-50-40-15-7-2-8-16-40)33-21-23-34(24-22-33)44(27-37(47)31-51-41-17-9-3-10-18-41)28-38(48)32-52-42-19-11-4-12-20-42/h1-24,35-38,45-48H,25-32H2/t35-,36-,37-,38+/m0/s1. The number of nitrogens with zero attached hydrogens (tertiary/aromatic N) is 2. The van der Waals surface area contributed by atoms with Gasteiger partial charge < -0.3 is 49.2 Å². The Labute approximate surface area is 305 Å². The molecule has 10 heteroatoms. The van der Waals surface area contributed by atoms with Gasteiger partial charge in [-0.1, -0.05) is 72.8 Å². The molecular formula is C42H48N2O8. The van der Waals surface area contributed by atoms with Gasteiger partial charge >= 0.3 is 0 Å². The molecule has 10 nitrogen and oxygen atoms in total. The number of benzene rings is 5. The molecule has 5 rings (SSSR count). The fraction of sp³-hybridized carbons (Fsp3) is 0.286. The monoisotopic (exact) mass is 708 g/mol. The quantitative estimate of drug-likeness (QED) is 0.0776. The lowest BCUT2D eigenvalue weighted by Gasteiger charge is -2.32. The number of para-hydroxylation sites is 4. The predicted molar refractivity (Wildman–Crippen MR) is 203 cm³/mol. The highest BCUT2D eigenvalue weighted by molar-refractivity contribution is 5.57. The summed E-state index contributed by atoms with van der Waals surface area (Å²) in [6.07, 6.45) is -3.45. The van der Waals surface area contributed by atoms with E-state index < -0.39 is 24.4 Å². The van der Waals surface area contributed by atoms with Crippen molar-refractivity contribution in [2.75, 3.05) is 62.4 Å². The van der Waals surface area contributed by atoms with E-state index in [1.807, 2.05) is 155 Å². The van der Waals surface area contributed by atoms with Crippen molar-refractivity contribution >= 4 is 11.4 Å². The first-order valence-electron chi connectivity index (χ1n) is 17.4. The summed E-state index contributed by atoms with van der Waals surface area (Å²) >= 11 is 0. The van der Waals surface area contributed by atoms with Gasteiger partial charge in [0.05, 0.1) is 0 Å². The molecule has 0 radical (unpaired) electrons. The number of aliphatic hydroxyl groups excluding tert-OH is 4. The summed E-state index contributed by atoms with van der Waals surface area (Å²) < 4.78 is 23.2. The van der Waals surface area contributed by atoms with Gasteiger partial charge in [-0.3, -0.25) is 0 Å². The molecule has 4 atom stereocenters. The third-order valence-electron chi connectivity index (χ3n) is 8.05. The van der Waals surface area contributed by atoms with Gasteiger partial charge in [0.1, 0.15) is 73.8 Å². The summed E-state index contributed by atoms with van der Waals surface area (Å²) in [6.45, 7) is 0.993. The molecule has 0 saturated heterocycles. The van der Waals surface area contributed by atoms with Crippen LogP contribution in [0.15, 0.2) is 146 Å². The summed E-state index contributed by atoms with van der Waals surface area (Å²) in [4.78, 5) is 3.77. The van der Waals surface area contributed by atoms with Gasteiger partial charge in [0.25, 0.3) is 0 Å². The van der Waals surface area contributed by atoms with Crippen LogP contribution in [0.5, 0.6) is 23.0 Å². The third kappa shape index (κ3) is 13.1. The SMILES string of the molecule is O[C@H](COc1ccccc1)CN(C[C@H](O)COc1ccccc1)c1ccc(N(C[C@H](O)COc2ccccc2)C[C@@H](O)COc2ccccc2)cc1. The molecule has 0 aliphatic heterocycles. The van der Waals surface area contributed by atoms with Crippen molar-refractivity contribution in [2.24, 2.45) is 0 Å². The van der Waals surface area contributed by atoms with Crippen molar-refractivity contribution < 1.29 is 39.4 Å². The van der Waals surface area contributed by atoms with Crippen LogP contribution in [0.1, 0.15) is 0 Å². The maximum absolute atomic E-state index is 11.0. The van der Waals surface area contributed by atoms with Gasteiger partial charge in [0.2, 0.25) is 0 Å². The van der Waals surface area contributed by atoms with E-state index in [4.69, 9.17) is 18.9 Å². The summed E-state index contributed by atoms with van der Waals surface area (Å²) in [5, 5.41) is 44.0. The van der Waals surface area contributed by atoms with E-state index in [9.17, 15) is 20.4 Å². The highest BCUT2D eigenvalue weighted by Crippen LogP contribution is 2.23. The van der Waals surface area contributed by atoms with Crippen molar-refractivity contribution in [3.63, 3.8) is 0 Å². The van der Waals surface area contributed by atoms with E-state index in [0.29, 0.717) is 23.0 Å². The fourth-order valence-corrected chi connectivity index (χ4v) is 5.51. The maximum atomic E-state index is 11.0. The van der Waals surface area contributed by atoms with Crippen molar-refractivity contribution in [3.05, 3.63) is 146 Å². The van der Waals surface area contributed by atoms with Crippen LogP contribution >= 0.6 is 0 Å². The third-order valence-corrected chi connectivity index (χ3v) is 8.05. The van der Waals surface area contributed by atoms with Crippen LogP contribution in [0.2, 0.25) is 0 Å². The van der Waals surface area contributed by atoms with E-state index in [1.54, 1.807) is 0 Å². The van der Waals surface area contributed by atoms with Crippen molar-refractivity contribution in [1.82, 2.24) is 0 Å². The largest absolute Gasteiger partial charge is 0.491 e. The van der Waals surface area contributed by atoms with E-state index in [0.717, 1.165) is 11.4 Å². The fourth-order valence-electron chi connectivity index (χ4n) is 5.51. The Bertz CT molecular complexity index is 1440. The minimum absolute atomic E-state index is 0.0644. The van der Waals surface area contributed by atoms with E-state index in [2.05, 4.69) is 0 Å². The minimum Gasteiger partial charge on any atom is -0.491 e. The molecule has 0 saturated carbocycles. The molecule has 0 unspecified atom stereocenters. The number of ether oxygens (including phenoxy) is 4. The Balaban J connectivity index is 1.28. The molecule has 4 N–H and O–H groups in total. The van der Waals surface area contributed by atoms with Crippen LogP contribution < -0.4 is 28.7 Å². The molecule has 0 heterocycles. The molecule has 0 aromatic heterocycles. The Morgan fingerprint density at radius 3 is 0.750 bits per heavy atom. The molecule has 0 fully saturated rings. The number of hydrogen-bond acceptors (Lipinski definition) is 10. The zero-order valence-electron chi connectivity index (χ0n) is 29.1. The predicted octanol–water partition coefficient (Wildman–Crippen LogP) is 5.06. The van der Waals surface area contributed by atoms with Gasteiger partial charge in [-0.25, -0.2) is 0 Å². The van der Waals surface area contributed by atoms with Crippen LogP contribution in [-0.2, 0) is 0 Å². The molecule has 0 amide bonds. The van der Waals surface area contributed by atoms with Crippen LogP contribution in [0, 0.1) is 0 Å². The van der Waals surface area contributed by atoms with Crippen LogP contribution in [0.25, 0.3) is 0 Å². The van der Waals surface area contributed by atoms with Crippen molar-refractivity contribution in [2.45, 2.75) is 24.4 Å². The second kappa shape index (κ2) is 20.6. The van der Waals surface area contributed by atoms with Crippen molar-refractivity contribution in [3.8, 4) is 23.0 Å². The topological polar surface area (TPSA) is 124 Å². The van der Waals surface area contributed by atoms with Crippen LogP contribution in [-0.4, -0.2) is 97.4 Å². The Hall–Kier alpha value is -5.26. The average molecular weight is 709 g/mol. The summed E-state index contributed by atoms with van der Waals surface area (Å²) in [5.74, 6) is 2.62. The van der Waals surface area contributed by atoms with Gasteiger partial charge in [0, 0.05) is 37.6 Å². The lowest BCUT2D eigenvalue weighted by molar-refractivity contribution is 0.0950. The summed E-state index contributed by atoms with van der Waals surface area (Å²) in [7, 11) is 0. The molecule has 274 valence electrons. The van der Waals surface area contributed by atoms with E-state index in [1.165, 1.54) is 0 Å². The Kier molecular flexibility index (Phi) is 15.0. The second-order valence-electron chi connectivity index (χ2n) is 12.4. The molecule has 5 aromatic rings. The smallest absolute Gasteiger partial charge is 0.119 e. The molecular weight excluding hydrogens is 660 g/mol. The summed E-state index contributed by atoms with van der Waals surface area (Å²) in [5.41, 5.74) is 1.50. The lowest BCUT2D eigenvalue weighted by atomic mass is 10.2. The van der Waals surface area contributed by atoms with Gasteiger partial charge in [-0.15, -0.1) is 0 Å². The molecule has 52 heavy (non-hydrogen) atoms. The zero-order valence-corrected chi connectivity index (χ0v) is 29.1. The lowest BCUT2D eigenvalue weighted by Crippen LogP contribution is -2.42. The second-order valence-corrected chi connectivity index (χ2v) is 12.4. The van der Waals surface area contributed by atoms with Gasteiger partial charge in [-0.05, 0) is 72.8 Å². The first-order valence-corrected chi connectivity index (χ1v) is 17.4. The first kappa shape index (κ1) is 38.0. The van der Waals surface area contributed by atoms with Crippen LogP contribution in [0.3, 0.4) is 0 Å². The molecule has 0 spiro atoms. The molecule has 0 aliphatic carbocycles. The number of anilines is 2. The Morgan fingerprint density at radius 2 is 0.538 bits per heavy atom. The normalized spacial score (nSPS) is 13.3. The van der Waals surface area contributed by atoms with Crippen LogP contribution in [0.4, 0.5) is 11.4 Å². The first-order chi connectivity index (χ1) is 25.4. The van der Waals surface area contributed by atoms with Crippen molar-refractivity contribution in [1.29, 1.82) is 0 Å². The minimum atomic E-state index is -0.863. The zero-order chi connectivity index (χ0) is 36.4. The Morgan fingerprint density at radius 1 is 0.327 bits per heavy atom. The molecule has 0 bridgehead atoms. The highest BCUT2D eigenvalue weighted by Gasteiger charge is 2.21. The average Bonchev–Trinajstić information content (AvgIpc) is 3.19. The maximum Gasteiger partial charge on any atom is 0.119 e. The highest BCUT2D eigenvalue weighted by atomic mass is 16.5. The van der Waals surface area contributed by atoms with Gasteiger partial charge in [-0.2, -0.15) is 0 Å². The molecule has 0 aliphatic rings. The number of aliphatic hydroxyl groups is 4. The number of hydrogen-bond donors (Lipinski definition) is 4. The molecule has 5 aromatic carbocycles. The summed E-state index contributed by atoms with van der Waals surface area (Å²) in [6, 6.07) is 44.7.